The van der Waals surface area contributed by atoms with Gasteiger partial charge in [0, 0.05) is 32.1 Å². The number of thiocarbonyl (C=S) groups is 1. The molecule has 2 heterocycles. The van der Waals surface area contributed by atoms with Gasteiger partial charge in [-0.3, -0.25) is 24.6 Å². The van der Waals surface area contributed by atoms with Gasteiger partial charge in [-0.05, 0) is 54.4 Å². The van der Waals surface area contributed by atoms with Crippen LogP contribution in [0.1, 0.15) is 28.1 Å². The Kier molecular flexibility index (Phi) is 8.73. The number of aliphatic hydroxyl groups is 1. The zero-order valence-electron chi connectivity index (χ0n) is 19.4. The summed E-state index contributed by atoms with van der Waals surface area (Å²) >= 11 is 5.63. The van der Waals surface area contributed by atoms with Crippen LogP contribution in [-0.4, -0.2) is 73.6 Å². The van der Waals surface area contributed by atoms with Crippen molar-refractivity contribution in [3.63, 3.8) is 0 Å². The van der Waals surface area contributed by atoms with Crippen LogP contribution in [0.2, 0.25) is 0 Å². The maximum absolute atomic E-state index is 13.1. The molecule has 0 spiro atoms. The number of thiophene rings is 1. The van der Waals surface area contributed by atoms with E-state index in [-0.39, 0.29) is 52.5 Å². The molecule has 0 unspecified atom stereocenters. The maximum atomic E-state index is 13.1. The van der Waals surface area contributed by atoms with E-state index in [4.69, 9.17) is 22.1 Å². The third-order valence-corrected chi connectivity index (χ3v) is 6.71. The van der Waals surface area contributed by atoms with E-state index in [1.165, 1.54) is 41.3 Å². The first kappa shape index (κ1) is 27.5. The molecule has 0 bridgehead atoms. The van der Waals surface area contributed by atoms with Gasteiger partial charge in [0.25, 0.3) is 11.6 Å². The molecule has 1 aromatic carbocycles. The lowest BCUT2D eigenvalue weighted by Crippen LogP contribution is -2.43. The van der Waals surface area contributed by atoms with Crippen molar-refractivity contribution in [1.29, 1.82) is 0 Å². The van der Waals surface area contributed by atoms with Crippen LogP contribution in [-0.2, 0) is 16.1 Å². The van der Waals surface area contributed by atoms with Gasteiger partial charge in [-0.15, -0.1) is 11.3 Å². The monoisotopic (exact) mass is 550 g/mol. The fraction of sp³-hybridized carbons (Fsp3) is 0.318. The highest BCUT2D eigenvalue weighted by Crippen LogP contribution is 2.30. The van der Waals surface area contributed by atoms with E-state index in [9.17, 15) is 34.4 Å². The molecule has 37 heavy (non-hydrogen) atoms. The third-order valence-electron chi connectivity index (χ3n) is 5.55. The number of non-ortho nitro benzene ring substituents is 1. The number of carbonyl (C=O) groups is 4. The van der Waals surface area contributed by atoms with Gasteiger partial charge in [-0.25, -0.2) is 14.5 Å². The highest BCUT2D eigenvalue weighted by Gasteiger charge is 2.41. The van der Waals surface area contributed by atoms with E-state index in [1.54, 1.807) is 0 Å². The van der Waals surface area contributed by atoms with Crippen LogP contribution in [0, 0.1) is 16.0 Å². The summed E-state index contributed by atoms with van der Waals surface area (Å²) in [7, 11) is 1.10. The Morgan fingerprint density at radius 1 is 1.22 bits per heavy atom. The summed E-state index contributed by atoms with van der Waals surface area (Å²) < 4.78 is 5.32. The second-order valence-corrected chi connectivity index (χ2v) is 9.70. The minimum Gasteiger partial charge on any atom is -0.502 e. The second kappa shape index (κ2) is 11.7. The first-order chi connectivity index (χ1) is 17.5. The first-order valence-corrected chi connectivity index (χ1v) is 12.0. The summed E-state index contributed by atoms with van der Waals surface area (Å²) in [6.07, 6.45) is -1.93. The van der Waals surface area contributed by atoms with Crippen LogP contribution in [0.25, 0.3) is 0 Å². The molecule has 1 aromatic heterocycles. The summed E-state index contributed by atoms with van der Waals surface area (Å²) in [5.74, 6) is -1.62. The Labute approximate surface area is 219 Å². The minimum absolute atomic E-state index is 0.0921. The van der Waals surface area contributed by atoms with Gasteiger partial charge in [0.05, 0.1) is 14.8 Å². The standard InChI is InChI=1S/C22H22N4O9S2/c1-24(21(30)31)20(29)16-6-7-17(37-16)23-19(28)15-8-13(9-18(27)36)10-25(15)22(32)35-11-12-2-4-14(5-3-12)26(33)34/h2-7,13,15H,8-11H2,1H3,(H,23,28)(H,27,36)(H,30,31)/t13-,15-/m0/s1. The van der Waals surface area contributed by atoms with Crippen LogP contribution in [0.3, 0.4) is 0 Å². The van der Waals surface area contributed by atoms with E-state index in [0.717, 1.165) is 18.4 Å². The number of nitrogens with zero attached hydrogens (tertiary/aromatic N) is 3. The molecule has 15 heteroatoms. The molecule has 4 amide bonds. The Morgan fingerprint density at radius 3 is 2.49 bits per heavy atom. The Bertz CT molecular complexity index is 1230. The lowest BCUT2D eigenvalue weighted by atomic mass is 10.0. The van der Waals surface area contributed by atoms with Crippen molar-refractivity contribution < 1.29 is 39.1 Å². The molecule has 1 fully saturated rings. The summed E-state index contributed by atoms with van der Waals surface area (Å²) in [4.78, 5) is 61.1. The Morgan fingerprint density at radius 2 is 1.89 bits per heavy atom. The smallest absolute Gasteiger partial charge is 0.414 e. The van der Waals surface area contributed by atoms with Gasteiger partial charge >= 0.3 is 12.2 Å². The largest absolute Gasteiger partial charge is 0.502 e. The molecule has 3 rings (SSSR count). The number of anilines is 1. The van der Waals surface area contributed by atoms with Crippen LogP contribution in [0.4, 0.5) is 20.3 Å². The van der Waals surface area contributed by atoms with Crippen molar-refractivity contribution in [2.75, 3.05) is 18.9 Å². The molecule has 0 saturated carbocycles. The van der Waals surface area contributed by atoms with Gasteiger partial charge in [0.15, 0.2) is 5.05 Å². The normalized spacial score (nSPS) is 16.6. The summed E-state index contributed by atoms with van der Waals surface area (Å²) in [6.45, 7) is -0.0896. The average Bonchev–Trinajstić information content (AvgIpc) is 3.48. The second-order valence-electron chi connectivity index (χ2n) is 8.15. The zero-order chi connectivity index (χ0) is 27.3. The number of aliphatic hydroxyl groups excluding tert-OH is 1. The number of nitro benzene ring substituents is 1. The van der Waals surface area contributed by atoms with Crippen molar-refractivity contribution in [2.45, 2.75) is 25.5 Å². The number of ether oxygens (including phenoxy) is 1. The molecule has 0 aliphatic carbocycles. The number of hydrogen-bond donors (Lipinski definition) is 3. The van der Waals surface area contributed by atoms with Gasteiger partial charge in [0.2, 0.25) is 5.91 Å². The number of benzene rings is 1. The molecule has 3 N–H and O–H groups in total. The summed E-state index contributed by atoms with van der Waals surface area (Å²) in [5, 5.41) is 31.9. The van der Waals surface area contributed by atoms with Gasteiger partial charge < -0.3 is 20.3 Å². The predicted molar refractivity (Wildman–Crippen MR) is 135 cm³/mol. The third kappa shape index (κ3) is 6.98. The van der Waals surface area contributed by atoms with Crippen molar-refractivity contribution in [2.24, 2.45) is 5.92 Å². The minimum atomic E-state index is -1.43. The molecule has 196 valence electrons. The average molecular weight is 551 g/mol. The summed E-state index contributed by atoms with van der Waals surface area (Å²) in [6, 6.07) is 7.31. The number of imide groups is 1. The van der Waals surface area contributed by atoms with Gasteiger partial charge in [-0.2, -0.15) is 0 Å². The van der Waals surface area contributed by atoms with E-state index < -0.39 is 35.0 Å². The maximum Gasteiger partial charge on any atom is 0.414 e. The van der Waals surface area contributed by atoms with E-state index >= 15 is 0 Å². The molecule has 2 atom stereocenters. The number of nitrogens with one attached hydrogen (secondary N) is 1. The highest BCUT2D eigenvalue weighted by atomic mass is 32.1. The fourth-order valence-corrected chi connectivity index (χ4v) is 4.81. The topological polar surface area (TPSA) is 180 Å². The molecular weight excluding hydrogens is 528 g/mol. The molecule has 2 aromatic rings. The number of nitro groups is 1. The van der Waals surface area contributed by atoms with Crippen molar-refractivity contribution in [3.8, 4) is 0 Å². The van der Waals surface area contributed by atoms with Crippen LogP contribution >= 0.6 is 23.6 Å². The van der Waals surface area contributed by atoms with Crippen molar-refractivity contribution in [1.82, 2.24) is 9.80 Å². The van der Waals surface area contributed by atoms with Crippen molar-refractivity contribution >= 4 is 63.3 Å². The quantitative estimate of drug-likeness (QED) is 0.249. The first-order valence-electron chi connectivity index (χ1n) is 10.8. The Balaban J connectivity index is 1.68. The van der Waals surface area contributed by atoms with Crippen LogP contribution < -0.4 is 5.32 Å². The molecule has 1 aliphatic rings. The molecule has 0 radical (unpaired) electrons. The molecule has 1 aliphatic heterocycles. The number of hydrogen-bond acceptors (Lipinski definition) is 9. The Hall–Kier alpha value is -4.11. The predicted octanol–water partition coefficient (Wildman–Crippen LogP) is 3.65. The lowest BCUT2D eigenvalue weighted by molar-refractivity contribution is -0.384. The fourth-order valence-electron chi connectivity index (χ4n) is 3.69. The number of carbonyl (C=O) groups excluding carboxylic acids is 3. The zero-order valence-corrected chi connectivity index (χ0v) is 21.0. The lowest BCUT2D eigenvalue weighted by Gasteiger charge is -2.23. The van der Waals surface area contributed by atoms with E-state index in [0.29, 0.717) is 10.5 Å². The molecule has 1 saturated heterocycles. The number of rotatable bonds is 8. The summed E-state index contributed by atoms with van der Waals surface area (Å²) in [5.41, 5.74) is 0.400. The number of amides is 4. The number of carboxylic acid groups (broad SMARTS) is 1. The number of likely N-dealkylation sites (tertiary alicyclic amines) is 1. The van der Waals surface area contributed by atoms with Gasteiger partial charge in [-0.1, -0.05) is 0 Å². The molecule has 13 nitrogen and oxygen atoms in total. The van der Waals surface area contributed by atoms with E-state index in [2.05, 4.69) is 5.32 Å². The van der Waals surface area contributed by atoms with E-state index in [1.807, 2.05) is 0 Å². The SMILES string of the molecule is CN(C(=O)O)C(=O)c1ccc(NC(=O)[C@@H]2C[C@@H](CC(O)=S)CN2C(=O)OCc2ccc([N+](=O)[O-])cc2)s1. The van der Waals surface area contributed by atoms with Crippen molar-refractivity contribution in [3.05, 3.63) is 57.0 Å². The van der Waals surface area contributed by atoms with Crippen LogP contribution in [0.15, 0.2) is 36.4 Å². The molecular formula is C22H22N4O9S2. The van der Waals surface area contributed by atoms with Gasteiger partial charge in [0.1, 0.15) is 12.6 Å². The van der Waals surface area contributed by atoms with Crippen LogP contribution in [0.5, 0.6) is 0 Å². The highest BCUT2D eigenvalue weighted by molar-refractivity contribution is 7.80.